The van der Waals surface area contributed by atoms with Gasteiger partial charge in [-0.15, -0.1) is 0 Å². The number of hydrogen-bond acceptors (Lipinski definition) is 9. The topological polar surface area (TPSA) is 136 Å². The first kappa shape index (κ1) is 21.9. The Balaban J connectivity index is 1.46. The van der Waals surface area contributed by atoms with E-state index in [0.29, 0.717) is 41.7 Å². The highest BCUT2D eigenvalue weighted by Crippen LogP contribution is 2.29. The summed E-state index contributed by atoms with van der Waals surface area (Å²) in [5.41, 5.74) is 1.72. The number of fused-ring (bicyclic) bond motifs is 1. The maximum Gasteiger partial charge on any atom is 0.341 e. The minimum absolute atomic E-state index is 0.125. The Labute approximate surface area is 197 Å². The average molecular weight is 480 g/mol. The molecule has 4 aromatic heterocycles. The lowest BCUT2D eigenvalue weighted by molar-refractivity contribution is -0.123. The van der Waals surface area contributed by atoms with Crippen molar-refractivity contribution in [2.24, 2.45) is 13.0 Å². The van der Waals surface area contributed by atoms with E-state index in [9.17, 15) is 19.5 Å². The highest BCUT2D eigenvalue weighted by atomic mass is 32.1. The molecule has 0 amide bonds. The van der Waals surface area contributed by atoms with Crippen LogP contribution in [0.25, 0.3) is 16.2 Å². The molecular weight excluding hydrogens is 458 g/mol. The predicted molar refractivity (Wildman–Crippen MR) is 125 cm³/mol. The first-order valence-corrected chi connectivity index (χ1v) is 11.3. The number of aromatic nitrogens is 6. The van der Waals surface area contributed by atoms with Crippen LogP contribution in [-0.4, -0.2) is 58.6 Å². The number of pyridine rings is 2. The second-order valence-corrected chi connectivity index (χ2v) is 9.17. The highest BCUT2D eigenvalue weighted by molar-refractivity contribution is 7.08. The Bertz CT molecular complexity index is 1480. The van der Waals surface area contributed by atoms with Crippen LogP contribution in [0.5, 0.6) is 0 Å². The van der Waals surface area contributed by atoms with Crippen LogP contribution in [-0.2, 0) is 18.3 Å². The molecule has 0 unspecified atom stereocenters. The van der Waals surface area contributed by atoms with E-state index < -0.39 is 11.4 Å². The van der Waals surface area contributed by atoms with Gasteiger partial charge >= 0.3 is 5.97 Å². The van der Waals surface area contributed by atoms with Gasteiger partial charge in [0.2, 0.25) is 10.6 Å². The molecule has 11 nitrogen and oxygen atoms in total. The first-order chi connectivity index (χ1) is 16.2. The molecule has 0 bridgehead atoms. The molecular formula is C22H21N7O4S. The Morgan fingerprint density at radius 1 is 1.24 bits per heavy atom. The number of Topliss-reactive ketones (excluding diaryl/α,β-unsaturated/α-hetero) is 1. The highest BCUT2D eigenvalue weighted by Gasteiger charge is 2.34. The van der Waals surface area contributed by atoms with E-state index in [-0.39, 0.29) is 22.7 Å². The fourth-order valence-electron chi connectivity index (χ4n) is 4.12. The summed E-state index contributed by atoms with van der Waals surface area (Å²) in [7, 11) is 1.85. The minimum atomic E-state index is -1.32. The molecule has 174 valence electrons. The summed E-state index contributed by atoms with van der Waals surface area (Å²) < 4.78 is 7.22. The Kier molecular flexibility index (Phi) is 5.24. The van der Waals surface area contributed by atoms with Crippen molar-refractivity contribution in [3.05, 3.63) is 57.4 Å². The lowest BCUT2D eigenvalue weighted by atomic mass is 9.92. The van der Waals surface area contributed by atoms with Crippen LogP contribution < -0.4 is 10.3 Å². The third-order valence-electron chi connectivity index (χ3n) is 6.11. The van der Waals surface area contributed by atoms with Crippen LogP contribution in [0.15, 0.2) is 29.5 Å². The molecule has 34 heavy (non-hydrogen) atoms. The zero-order valence-electron chi connectivity index (χ0n) is 18.7. The van der Waals surface area contributed by atoms with E-state index >= 15 is 0 Å². The van der Waals surface area contributed by atoms with Crippen LogP contribution in [0.4, 0.5) is 5.82 Å². The second kappa shape index (κ2) is 8.13. The molecule has 1 aliphatic heterocycles. The van der Waals surface area contributed by atoms with E-state index in [4.69, 9.17) is 0 Å². The molecule has 1 fully saturated rings. The van der Waals surface area contributed by atoms with Gasteiger partial charge in [0.15, 0.2) is 5.65 Å². The normalized spacial score (nSPS) is 13.9. The third-order valence-corrected chi connectivity index (χ3v) is 6.77. The monoisotopic (exact) mass is 479 g/mol. The molecule has 1 N–H and O–H groups in total. The number of rotatable bonds is 6. The van der Waals surface area contributed by atoms with E-state index in [1.165, 1.54) is 17.1 Å². The van der Waals surface area contributed by atoms with Gasteiger partial charge in [0.05, 0.1) is 23.4 Å². The predicted octanol–water partition coefficient (Wildman–Crippen LogP) is 1.53. The molecule has 1 aliphatic rings. The van der Waals surface area contributed by atoms with Gasteiger partial charge in [0.25, 0.3) is 0 Å². The lowest BCUT2D eigenvalue weighted by Gasteiger charge is -2.39. The molecule has 4 aromatic rings. The Hall–Kier alpha value is -3.93. The number of carboxylic acids is 1. The molecule has 0 saturated carbocycles. The van der Waals surface area contributed by atoms with E-state index in [1.807, 2.05) is 24.9 Å². The third kappa shape index (κ3) is 3.65. The number of carboxylic acid groups (broad SMARTS) is 1. The van der Waals surface area contributed by atoms with Crippen molar-refractivity contribution in [1.82, 2.24) is 28.7 Å². The molecule has 12 heteroatoms. The lowest BCUT2D eigenvalue weighted by Crippen LogP contribution is -2.51. The van der Waals surface area contributed by atoms with Gasteiger partial charge in [-0.1, -0.05) is 0 Å². The number of hydrogen-bond donors (Lipinski definition) is 1. The van der Waals surface area contributed by atoms with Gasteiger partial charge in [0.1, 0.15) is 23.5 Å². The van der Waals surface area contributed by atoms with Crippen molar-refractivity contribution in [2.45, 2.75) is 20.3 Å². The summed E-state index contributed by atoms with van der Waals surface area (Å²) in [5, 5.41) is 14.5. The van der Waals surface area contributed by atoms with Crippen molar-refractivity contribution in [1.29, 1.82) is 0 Å². The van der Waals surface area contributed by atoms with Crippen molar-refractivity contribution in [3.63, 3.8) is 0 Å². The van der Waals surface area contributed by atoms with Crippen LogP contribution in [0.3, 0.4) is 0 Å². The van der Waals surface area contributed by atoms with Crippen molar-refractivity contribution in [2.75, 3.05) is 18.0 Å². The second-order valence-electron chi connectivity index (χ2n) is 8.41. The molecule has 5 heterocycles. The summed E-state index contributed by atoms with van der Waals surface area (Å²) >= 11 is 1.07. The van der Waals surface area contributed by atoms with Gasteiger partial charge in [-0.3, -0.25) is 18.8 Å². The SMILES string of the molecule is Cc1cc(N2CC(C(=O)Cc3cc(C)n(C)n3)C2)nc2c1c(=O)c(C(=O)O)cn2-c1ncns1. The first-order valence-electron chi connectivity index (χ1n) is 10.6. The van der Waals surface area contributed by atoms with Crippen molar-refractivity contribution in [3.8, 4) is 5.13 Å². The van der Waals surface area contributed by atoms with E-state index in [1.54, 1.807) is 17.7 Å². The van der Waals surface area contributed by atoms with Gasteiger partial charge < -0.3 is 10.0 Å². The number of ketones is 1. The summed E-state index contributed by atoms with van der Waals surface area (Å²) in [6.07, 6.45) is 2.88. The molecule has 0 aliphatic carbocycles. The number of carbonyl (C=O) groups is 2. The average Bonchev–Trinajstić information content (AvgIpc) is 3.36. The number of aromatic carboxylic acids is 1. The zero-order chi connectivity index (χ0) is 24.1. The number of carbonyl (C=O) groups excluding carboxylic acids is 1. The van der Waals surface area contributed by atoms with E-state index in [0.717, 1.165) is 22.9 Å². The van der Waals surface area contributed by atoms with Gasteiger partial charge in [-0.05, 0) is 31.5 Å². The molecule has 0 radical (unpaired) electrons. The Morgan fingerprint density at radius 3 is 2.62 bits per heavy atom. The van der Waals surface area contributed by atoms with E-state index in [2.05, 4.69) is 19.4 Å². The minimum Gasteiger partial charge on any atom is -0.477 e. The summed E-state index contributed by atoms with van der Waals surface area (Å²) in [6, 6.07) is 3.67. The van der Waals surface area contributed by atoms with Crippen molar-refractivity contribution >= 4 is 40.1 Å². The fourth-order valence-corrected chi connectivity index (χ4v) is 4.63. The zero-order valence-corrected chi connectivity index (χ0v) is 19.5. The largest absolute Gasteiger partial charge is 0.477 e. The van der Waals surface area contributed by atoms with Gasteiger partial charge in [-0.2, -0.15) is 9.47 Å². The van der Waals surface area contributed by atoms with Crippen molar-refractivity contribution < 1.29 is 14.7 Å². The maximum absolute atomic E-state index is 12.9. The molecule has 5 rings (SSSR count). The molecule has 0 atom stereocenters. The van der Waals surface area contributed by atoms with Crippen LogP contribution >= 0.6 is 11.5 Å². The summed E-state index contributed by atoms with van der Waals surface area (Å²) in [5.74, 6) is -0.701. The fraction of sp³-hybridized carbons (Fsp3) is 0.318. The standard InChI is InChI=1S/C22H21N7O4S/c1-11-4-17(28-7-13(8-28)16(30)6-14-5-12(2)27(3)26-14)25-20-18(11)19(31)15(21(32)33)9-29(20)22-23-10-24-34-22/h4-5,9-10,13H,6-8H2,1-3H3,(H,32,33). The molecule has 0 spiro atoms. The van der Waals surface area contributed by atoms with Crippen LogP contribution in [0, 0.1) is 19.8 Å². The van der Waals surface area contributed by atoms with Gasteiger partial charge in [0, 0.05) is 43.6 Å². The quantitative estimate of drug-likeness (QED) is 0.436. The smallest absolute Gasteiger partial charge is 0.341 e. The van der Waals surface area contributed by atoms with Crippen LogP contribution in [0.2, 0.25) is 0 Å². The molecule has 0 aromatic carbocycles. The van der Waals surface area contributed by atoms with Gasteiger partial charge in [-0.25, -0.2) is 14.8 Å². The Morgan fingerprint density at radius 2 is 2.00 bits per heavy atom. The number of anilines is 1. The summed E-state index contributed by atoms with van der Waals surface area (Å²) in [6.45, 7) is 4.72. The van der Waals surface area contributed by atoms with Crippen LogP contribution in [0.1, 0.15) is 27.3 Å². The molecule has 1 saturated heterocycles. The number of nitrogens with zero attached hydrogens (tertiary/aromatic N) is 7. The number of aryl methyl sites for hydroxylation is 3. The summed E-state index contributed by atoms with van der Waals surface area (Å²) in [4.78, 5) is 48.1. The maximum atomic E-state index is 12.9.